The average Bonchev–Trinajstić information content (AvgIpc) is 2.83. The van der Waals surface area contributed by atoms with Gasteiger partial charge in [-0.1, -0.05) is 30.3 Å². The van der Waals surface area contributed by atoms with Gasteiger partial charge < -0.3 is 5.73 Å². The Morgan fingerprint density at radius 3 is 2.20 bits per heavy atom. The molecule has 5 nitrogen and oxygen atoms in total. The molecule has 4 rings (SSSR count). The highest BCUT2D eigenvalue weighted by Gasteiger charge is 2.13. The molecule has 20 heavy (non-hydrogen) atoms. The van der Waals surface area contributed by atoms with E-state index >= 15 is 0 Å². The minimum absolute atomic E-state index is 0.391. The van der Waals surface area contributed by atoms with Gasteiger partial charge in [0.25, 0.3) is 0 Å². The Labute approximate surface area is 114 Å². The van der Waals surface area contributed by atoms with Gasteiger partial charge in [0, 0.05) is 0 Å². The van der Waals surface area contributed by atoms with Gasteiger partial charge in [-0.25, -0.2) is 14.6 Å². The molecule has 2 aromatic heterocycles. The number of anilines is 1. The number of benzene rings is 2. The van der Waals surface area contributed by atoms with Crippen LogP contribution < -0.4 is 5.73 Å². The van der Waals surface area contributed by atoms with Crippen molar-refractivity contribution in [3.8, 4) is 5.69 Å². The van der Waals surface area contributed by atoms with E-state index in [0.29, 0.717) is 17.0 Å². The summed E-state index contributed by atoms with van der Waals surface area (Å²) in [6, 6.07) is 17.5. The van der Waals surface area contributed by atoms with Gasteiger partial charge in [0.15, 0.2) is 17.0 Å². The normalized spacial score (nSPS) is 11.2. The molecule has 0 amide bonds. The molecule has 0 unspecified atom stereocenters. The lowest BCUT2D eigenvalue weighted by Crippen LogP contribution is -1.98. The standard InChI is InChI=1S/C15H11N5/c16-14-13-15(18-12-9-5-4-8-11(12)17-13)20(19-14)10-6-2-1-3-7-10/h1-9H,(H2,16,19). The number of fused-ring (bicyclic) bond motifs is 2. The number of hydrogen-bond donors (Lipinski definition) is 1. The zero-order valence-electron chi connectivity index (χ0n) is 10.6. The van der Waals surface area contributed by atoms with Gasteiger partial charge in [0.2, 0.25) is 0 Å². The van der Waals surface area contributed by atoms with E-state index in [9.17, 15) is 0 Å². The van der Waals surface area contributed by atoms with E-state index < -0.39 is 0 Å². The maximum absolute atomic E-state index is 5.97. The molecule has 0 aliphatic heterocycles. The molecule has 0 spiro atoms. The van der Waals surface area contributed by atoms with Crippen LogP contribution in [0.4, 0.5) is 5.82 Å². The van der Waals surface area contributed by atoms with E-state index in [-0.39, 0.29) is 0 Å². The molecular formula is C15H11N5. The lowest BCUT2D eigenvalue weighted by molar-refractivity contribution is 0.905. The Balaban J connectivity index is 2.10. The molecule has 0 aliphatic rings. The second-order valence-electron chi connectivity index (χ2n) is 4.52. The summed E-state index contributed by atoms with van der Waals surface area (Å²) >= 11 is 0. The highest BCUT2D eigenvalue weighted by molar-refractivity contribution is 5.90. The first-order valence-electron chi connectivity index (χ1n) is 6.29. The summed E-state index contributed by atoms with van der Waals surface area (Å²) in [6.07, 6.45) is 0. The summed E-state index contributed by atoms with van der Waals surface area (Å²) in [6.45, 7) is 0. The fourth-order valence-corrected chi connectivity index (χ4v) is 2.26. The molecule has 0 radical (unpaired) electrons. The van der Waals surface area contributed by atoms with Crippen LogP contribution in [0.3, 0.4) is 0 Å². The van der Waals surface area contributed by atoms with Gasteiger partial charge in [0.05, 0.1) is 16.7 Å². The van der Waals surface area contributed by atoms with Crippen molar-refractivity contribution >= 4 is 28.0 Å². The fraction of sp³-hybridized carbons (Fsp3) is 0. The summed E-state index contributed by atoms with van der Waals surface area (Å²) in [7, 11) is 0. The Morgan fingerprint density at radius 2 is 1.45 bits per heavy atom. The molecule has 5 heteroatoms. The van der Waals surface area contributed by atoms with Crippen LogP contribution in [0, 0.1) is 0 Å². The van der Waals surface area contributed by atoms with Crippen molar-refractivity contribution in [2.45, 2.75) is 0 Å². The van der Waals surface area contributed by atoms with Gasteiger partial charge in [-0.05, 0) is 24.3 Å². The summed E-state index contributed by atoms with van der Waals surface area (Å²) in [5.41, 5.74) is 9.84. The molecular weight excluding hydrogens is 250 g/mol. The van der Waals surface area contributed by atoms with Crippen LogP contribution in [0.25, 0.3) is 27.9 Å². The first kappa shape index (κ1) is 10.9. The minimum Gasteiger partial charge on any atom is -0.380 e. The Bertz CT molecular complexity index is 912. The van der Waals surface area contributed by atoms with Crippen molar-refractivity contribution in [2.75, 3.05) is 5.73 Å². The van der Waals surface area contributed by atoms with Crippen molar-refractivity contribution in [3.63, 3.8) is 0 Å². The number of hydrogen-bond acceptors (Lipinski definition) is 4. The van der Waals surface area contributed by atoms with Crippen LogP contribution >= 0.6 is 0 Å². The highest BCUT2D eigenvalue weighted by atomic mass is 15.3. The SMILES string of the molecule is Nc1nn(-c2ccccc2)c2nc3ccccc3nc12. The van der Waals surface area contributed by atoms with Crippen molar-refractivity contribution in [1.29, 1.82) is 0 Å². The predicted octanol–water partition coefficient (Wildman–Crippen LogP) is 2.55. The molecule has 0 fully saturated rings. The van der Waals surface area contributed by atoms with E-state index in [1.807, 2.05) is 54.6 Å². The zero-order valence-corrected chi connectivity index (χ0v) is 10.6. The lowest BCUT2D eigenvalue weighted by Gasteiger charge is -2.02. The second kappa shape index (κ2) is 4.03. The zero-order chi connectivity index (χ0) is 13.5. The van der Waals surface area contributed by atoms with Crippen LogP contribution in [0.15, 0.2) is 54.6 Å². The molecule has 0 bridgehead atoms. The third-order valence-electron chi connectivity index (χ3n) is 3.20. The number of para-hydroxylation sites is 3. The third kappa shape index (κ3) is 1.53. The third-order valence-corrected chi connectivity index (χ3v) is 3.20. The smallest absolute Gasteiger partial charge is 0.184 e. The molecule has 0 saturated carbocycles. The molecule has 2 heterocycles. The molecule has 2 aromatic carbocycles. The van der Waals surface area contributed by atoms with E-state index in [2.05, 4.69) is 15.1 Å². The van der Waals surface area contributed by atoms with Gasteiger partial charge >= 0.3 is 0 Å². The van der Waals surface area contributed by atoms with Gasteiger partial charge in [-0.15, -0.1) is 5.10 Å². The monoisotopic (exact) mass is 261 g/mol. The number of nitrogens with two attached hydrogens (primary N) is 1. The second-order valence-corrected chi connectivity index (χ2v) is 4.52. The largest absolute Gasteiger partial charge is 0.380 e. The maximum atomic E-state index is 5.97. The number of rotatable bonds is 1. The van der Waals surface area contributed by atoms with Crippen LogP contribution in [0.5, 0.6) is 0 Å². The van der Waals surface area contributed by atoms with Crippen molar-refractivity contribution in [3.05, 3.63) is 54.6 Å². The molecule has 0 saturated heterocycles. The first-order valence-corrected chi connectivity index (χ1v) is 6.29. The summed E-state index contributed by atoms with van der Waals surface area (Å²) in [5.74, 6) is 0.391. The van der Waals surface area contributed by atoms with E-state index in [1.54, 1.807) is 4.68 Å². The number of nitrogen functional groups attached to an aromatic ring is 1. The molecule has 4 aromatic rings. The highest BCUT2D eigenvalue weighted by Crippen LogP contribution is 2.23. The maximum Gasteiger partial charge on any atom is 0.184 e. The summed E-state index contributed by atoms with van der Waals surface area (Å²) in [4.78, 5) is 9.19. The fourth-order valence-electron chi connectivity index (χ4n) is 2.26. The Hall–Kier alpha value is -2.95. The van der Waals surface area contributed by atoms with Crippen LogP contribution in [-0.2, 0) is 0 Å². The van der Waals surface area contributed by atoms with E-state index in [4.69, 9.17) is 5.73 Å². The lowest BCUT2D eigenvalue weighted by atomic mass is 10.3. The van der Waals surface area contributed by atoms with E-state index in [1.165, 1.54) is 0 Å². The van der Waals surface area contributed by atoms with Crippen LogP contribution in [0.2, 0.25) is 0 Å². The summed E-state index contributed by atoms with van der Waals surface area (Å²) in [5, 5.41) is 4.35. The predicted molar refractivity (Wildman–Crippen MR) is 78.6 cm³/mol. The molecule has 96 valence electrons. The Kier molecular flexibility index (Phi) is 2.20. The van der Waals surface area contributed by atoms with Crippen LogP contribution in [0.1, 0.15) is 0 Å². The van der Waals surface area contributed by atoms with Crippen LogP contribution in [-0.4, -0.2) is 19.7 Å². The van der Waals surface area contributed by atoms with Crippen molar-refractivity contribution in [1.82, 2.24) is 19.7 Å². The Morgan fingerprint density at radius 1 is 0.800 bits per heavy atom. The number of aromatic nitrogens is 4. The van der Waals surface area contributed by atoms with Crippen molar-refractivity contribution in [2.24, 2.45) is 0 Å². The topological polar surface area (TPSA) is 69.6 Å². The van der Waals surface area contributed by atoms with Crippen molar-refractivity contribution < 1.29 is 0 Å². The number of nitrogens with zero attached hydrogens (tertiary/aromatic N) is 4. The van der Waals surface area contributed by atoms with Gasteiger partial charge in [0.1, 0.15) is 0 Å². The minimum atomic E-state index is 0.391. The van der Waals surface area contributed by atoms with Gasteiger partial charge in [-0.2, -0.15) is 0 Å². The van der Waals surface area contributed by atoms with E-state index in [0.717, 1.165) is 16.7 Å². The first-order chi connectivity index (χ1) is 9.83. The molecule has 2 N–H and O–H groups in total. The molecule has 0 atom stereocenters. The molecule has 0 aliphatic carbocycles. The quantitative estimate of drug-likeness (QED) is 0.571. The average molecular weight is 261 g/mol. The van der Waals surface area contributed by atoms with Gasteiger partial charge in [-0.3, -0.25) is 0 Å². The summed E-state index contributed by atoms with van der Waals surface area (Å²) < 4.78 is 1.73.